The van der Waals surface area contributed by atoms with Gasteiger partial charge in [0.1, 0.15) is 18.1 Å². The van der Waals surface area contributed by atoms with Crippen LogP contribution in [0.25, 0.3) is 0 Å². The van der Waals surface area contributed by atoms with Crippen LogP contribution < -0.4 is 5.73 Å². The van der Waals surface area contributed by atoms with Crippen molar-refractivity contribution in [2.24, 2.45) is 0 Å². The summed E-state index contributed by atoms with van der Waals surface area (Å²) < 4.78 is 20.5. The van der Waals surface area contributed by atoms with Gasteiger partial charge in [0.05, 0.1) is 10.7 Å². The van der Waals surface area contributed by atoms with Gasteiger partial charge in [-0.05, 0) is 32.0 Å². The molecule has 0 aliphatic rings. The van der Waals surface area contributed by atoms with Crippen molar-refractivity contribution in [3.05, 3.63) is 52.6 Å². The Bertz CT molecular complexity index is 647. The zero-order chi connectivity index (χ0) is 15.6. The van der Waals surface area contributed by atoms with Crippen LogP contribution in [-0.2, 0) is 11.3 Å². The predicted molar refractivity (Wildman–Crippen MR) is 79.8 cm³/mol. The van der Waals surface area contributed by atoms with Crippen molar-refractivity contribution < 1.29 is 13.9 Å². The molecule has 1 aromatic carbocycles. The lowest BCUT2D eigenvalue weighted by Gasteiger charge is -2.12. The van der Waals surface area contributed by atoms with Crippen molar-refractivity contribution in [2.75, 3.05) is 5.73 Å². The highest BCUT2D eigenvalue weighted by atomic mass is 35.5. The molecule has 2 aromatic rings. The second-order valence-electron chi connectivity index (χ2n) is 4.94. The van der Waals surface area contributed by atoms with Crippen LogP contribution in [0.1, 0.15) is 35.9 Å². The van der Waals surface area contributed by atoms with Crippen LogP contribution in [0.15, 0.2) is 30.5 Å². The van der Waals surface area contributed by atoms with Crippen molar-refractivity contribution >= 4 is 23.3 Å². The minimum absolute atomic E-state index is 0.0573. The Morgan fingerprint density at radius 2 is 2.19 bits per heavy atom. The average Bonchev–Trinajstić information content (AvgIpc) is 2.80. The Morgan fingerprint density at radius 1 is 1.48 bits per heavy atom. The summed E-state index contributed by atoms with van der Waals surface area (Å²) in [6, 6.07) is 5.90. The fraction of sp³-hybridized carbons (Fsp3) is 0.267. The molecule has 0 bridgehead atoms. The average molecular weight is 311 g/mol. The fourth-order valence-electron chi connectivity index (χ4n) is 1.97. The van der Waals surface area contributed by atoms with Gasteiger partial charge in [-0.15, -0.1) is 0 Å². The maximum absolute atomic E-state index is 13.6. The number of rotatable bonds is 4. The molecular formula is C15H16ClFN2O2. The summed E-state index contributed by atoms with van der Waals surface area (Å²) in [5.41, 5.74) is 6.66. The van der Waals surface area contributed by atoms with Crippen molar-refractivity contribution in [1.82, 2.24) is 4.57 Å². The van der Waals surface area contributed by atoms with Crippen LogP contribution in [0.5, 0.6) is 0 Å². The highest BCUT2D eigenvalue weighted by Crippen LogP contribution is 2.22. The maximum Gasteiger partial charge on any atom is 0.355 e. The van der Waals surface area contributed by atoms with E-state index in [-0.39, 0.29) is 23.2 Å². The number of aromatic nitrogens is 1. The molecule has 0 spiro atoms. The van der Waals surface area contributed by atoms with Crippen LogP contribution in [0.2, 0.25) is 5.02 Å². The van der Waals surface area contributed by atoms with Gasteiger partial charge >= 0.3 is 5.97 Å². The summed E-state index contributed by atoms with van der Waals surface area (Å²) in [5.74, 6) is -1.08. The molecule has 1 heterocycles. The lowest BCUT2D eigenvalue weighted by molar-refractivity contribution is 0.0454. The molecule has 0 amide bonds. The number of hydrogen-bond acceptors (Lipinski definition) is 3. The van der Waals surface area contributed by atoms with Gasteiger partial charge in [0.2, 0.25) is 0 Å². The first kappa shape index (κ1) is 15.4. The summed E-state index contributed by atoms with van der Waals surface area (Å²) in [5, 5.41) is 0.224. The van der Waals surface area contributed by atoms with Crippen LogP contribution in [0, 0.1) is 5.82 Å². The summed E-state index contributed by atoms with van der Waals surface area (Å²) >= 11 is 5.89. The molecule has 0 aliphatic carbocycles. The van der Waals surface area contributed by atoms with E-state index >= 15 is 0 Å². The molecule has 0 atom stereocenters. The van der Waals surface area contributed by atoms with Crippen molar-refractivity contribution in [3.63, 3.8) is 0 Å². The van der Waals surface area contributed by atoms with Crippen molar-refractivity contribution in [3.8, 4) is 0 Å². The van der Waals surface area contributed by atoms with E-state index in [1.54, 1.807) is 16.8 Å². The molecule has 0 saturated carbocycles. The summed E-state index contributed by atoms with van der Waals surface area (Å²) in [7, 11) is 0. The smallest absolute Gasteiger partial charge is 0.355 e. The molecule has 0 fully saturated rings. The van der Waals surface area contributed by atoms with E-state index in [1.807, 2.05) is 13.8 Å². The van der Waals surface area contributed by atoms with E-state index in [4.69, 9.17) is 22.1 Å². The van der Waals surface area contributed by atoms with Crippen LogP contribution in [0.4, 0.5) is 10.1 Å². The first-order valence-electron chi connectivity index (χ1n) is 6.47. The standard InChI is InChI=1S/C15H16ClFN2O2/c1-9(2)19-7-10(18)6-14(19)15(20)21-8-11-12(16)4-3-5-13(11)17/h3-7,9H,8,18H2,1-2H3. The van der Waals surface area contributed by atoms with E-state index in [0.717, 1.165) is 0 Å². The SMILES string of the molecule is CC(C)n1cc(N)cc1C(=O)OCc1c(F)cccc1Cl. The van der Waals surface area contributed by atoms with Crippen LogP contribution in [-0.4, -0.2) is 10.5 Å². The highest BCUT2D eigenvalue weighted by molar-refractivity contribution is 6.31. The van der Waals surface area contributed by atoms with E-state index in [2.05, 4.69) is 0 Å². The fourth-order valence-corrected chi connectivity index (χ4v) is 2.19. The normalized spacial score (nSPS) is 10.9. The van der Waals surface area contributed by atoms with Crippen molar-refractivity contribution in [1.29, 1.82) is 0 Å². The van der Waals surface area contributed by atoms with E-state index < -0.39 is 11.8 Å². The number of carbonyl (C=O) groups excluding carboxylic acids is 1. The van der Waals surface area contributed by atoms with E-state index in [0.29, 0.717) is 11.4 Å². The molecule has 0 aliphatic heterocycles. The Labute approximate surface area is 127 Å². The van der Waals surface area contributed by atoms with E-state index in [1.165, 1.54) is 18.2 Å². The number of esters is 1. The zero-order valence-electron chi connectivity index (χ0n) is 11.8. The van der Waals surface area contributed by atoms with Gasteiger partial charge in [0.25, 0.3) is 0 Å². The molecule has 2 rings (SSSR count). The third kappa shape index (κ3) is 3.36. The molecule has 4 nitrogen and oxygen atoms in total. The number of nitrogens with two attached hydrogens (primary N) is 1. The number of ether oxygens (including phenoxy) is 1. The monoisotopic (exact) mass is 310 g/mol. The second-order valence-corrected chi connectivity index (χ2v) is 5.34. The molecule has 6 heteroatoms. The number of halogens is 2. The largest absolute Gasteiger partial charge is 0.456 e. The van der Waals surface area contributed by atoms with E-state index in [9.17, 15) is 9.18 Å². The number of anilines is 1. The number of hydrogen-bond donors (Lipinski definition) is 1. The number of nitrogen functional groups attached to an aromatic ring is 1. The lowest BCUT2D eigenvalue weighted by Crippen LogP contribution is -2.13. The third-order valence-electron chi connectivity index (χ3n) is 3.04. The Kier molecular flexibility index (Phi) is 4.53. The third-order valence-corrected chi connectivity index (χ3v) is 3.40. The molecule has 2 N–H and O–H groups in total. The molecule has 112 valence electrons. The van der Waals surface area contributed by atoms with Crippen LogP contribution >= 0.6 is 11.6 Å². The first-order chi connectivity index (χ1) is 9.90. The Morgan fingerprint density at radius 3 is 2.81 bits per heavy atom. The minimum atomic E-state index is -0.570. The quantitative estimate of drug-likeness (QED) is 0.874. The molecule has 1 aromatic heterocycles. The second kappa shape index (κ2) is 6.18. The summed E-state index contributed by atoms with van der Waals surface area (Å²) in [6.07, 6.45) is 1.66. The zero-order valence-corrected chi connectivity index (χ0v) is 12.5. The van der Waals surface area contributed by atoms with Gasteiger partial charge in [-0.25, -0.2) is 9.18 Å². The molecule has 21 heavy (non-hydrogen) atoms. The van der Waals surface area contributed by atoms with Gasteiger partial charge in [-0.2, -0.15) is 0 Å². The number of nitrogens with zero attached hydrogens (tertiary/aromatic N) is 1. The Balaban J connectivity index is 2.16. The van der Waals surface area contributed by atoms with Gasteiger partial charge in [-0.1, -0.05) is 17.7 Å². The van der Waals surface area contributed by atoms with Crippen molar-refractivity contribution in [2.45, 2.75) is 26.5 Å². The summed E-state index contributed by atoms with van der Waals surface area (Å²) in [4.78, 5) is 12.1. The van der Waals surface area contributed by atoms with Crippen LogP contribution in [0.3, 0.4) is 0 Å². The number of benzene rings is 1. The topological polar surface area (TPSA) is 57.2 Å². The Hall–Kier alpha value is -2.01. The molecule has 0 radical (unpaired) electrons. The van der Waals surface area contributed by atoms with Gasteiger partial charge in [-0.3, -0.25) is 0 Å². The first-order valence-corrected chi connectivity index (χ1v) is 6.85. The summed E-state index contributed by atoms with van der Waals surface area (Å²) in [6.45, 7) is 3.61. The van der Waals surface area contributed by atoms with Gasteiger partial charge in [0, 0.05) is 17.8 Å². The minimum Gasteiger partial charge on any atom is -0.456 e. The highest BCUT2D eigenvalue weighted by Gasteiger charge is 2.17. The maximum atomic E-state index is 13.6. The van der Waals surface area contributed by atoms with Gasteiger partial charge < -0.3 is 15.0 Å². The van der Waals surface area contributed by atoms with Gasteiger partial charge in [0.15, 0.2) is 0 Å². The number of carbonyl (C=O) groups is 1. The lowest BCUT2D eigenvalue weighted by atomic mass is 10.2. The molecular weight excluding hydrogens is 295 g/mol. The molecule has 0 saturated heterocycles. The predicted octanol–water partition coefficient (Wildman–Crippen LogP) is 3.80. The molecule has 0 unspecified atom stereocenters.